The van der Waals surface area contributed by atoms with Crippen LogP contribution in [0.25, 0.3) is 0 Å². The number of nitrogens with one attached hydrogen (secondary N) is 1. The van der Waals surface area contributed by atoms with Crippen LogP contribution in [0.15, 0.2) is 30.9 Å². The summed E-state index contributed by atoms with van der Waals surface area (Å²) in [6, 6.07) is 5.19. The van der Waals surface area contributed by atoms with Gasteiger partial charge in [0.15, 0.2) is 5.72 Å². The number of ether oxygens (including phenoxy) is 2. The lowest BCUT2D eigenvalue weighted by Gasteiger charge is -2.33. The van der Waals surface area contributed by atoms with E-state index in [1.165, 1.54) is 0 Å². The van der Waals surface area contributed by atoms with E-state index in [4.69, 9.17) is 9.47 Å². The van der Waals surface area contributed by atoms with Gasteiger partial charge in [0, 0.05) is 0 Å². The van der Waals surface area contributed by atoms with Crippen molar-refractivity contribution in [1.82, 2.24) is 5.32 Å². The third kappa shape index (κ3) is 2.41. The molecule has 1 heterocycles. The molecule has 0 aromatic heterocycles. The molecular formula is C13H15NO3. The fraction of sp³-hybridized carbons (Fsp3) is 0.308. The summed E-state index contributed by atoms with van der Waals surface area (Å²) >= 11 is 0. The highest BCUT2D eigenvalue weighted by molar-refractivity contribution is 5.98. The Morgan fingerprint density at radius 1 is 1.53 bits per heavy atom. The van der Waals surface area contributed by atoms with Gasteiger partial charge >= 0.3 is 0 Å². The maximum absolute atomic E-state index is 11.9. The first-order valence-electron chi connectivity index (χ1n) is 5.41. The summed E-state index contributed by atoms with van der Waals surface area (Å²) in [6.45, 7) is 7.58. The molecule has 0 spiro atoms. The molecule has 0 aliphatic carbocycles. The van der Waals surface area contributed by atoms with Gasteiger partial charge in [-0.1, -0.05) is 12.7 Å². The van der Waals surface area contributed by atoms with Crippen LogP contribution in [0, 0.1) is 0 Å². The smallest absolute Gasteiger partial charge is 0.258 e. The van der Waals surface area contributed by atoms with Gasteiger partial charge in [-0.2, -0.15) is 0 Å². The summed E-state index contributed by atoms with van der Waals surface area (Å²) in [5.74, 6) is 1.05. The Hall–Kier alpha value is -1.97. The van der Waals surface area contributed by atoms with Crippen molar-refractivity contribution in [3.63, 3.8) is 0 Å². The van der Waals surface area contributed by atoms with E-state index in [0.29, 0.717) is 23.7 Å². The first-order chi connectivity index (χ1) is 8.02. The number of benzene rings is 1. The predicted octanol–water partition coefficient (Wildman–Crippen LogP) is 2.11. The second kappa shape index (κ2) is 4.13. The van der Waals surface area contributed by atoms with Crippen molar-refractivity contribution in [3.8, 4) is 11.5 Å². The zero-order valence-corrected chi connectivity index (χ0v) is 9.95. The molecule has 1 N–H and O–H groups in total. The normalized spacial score (nSPS) is 16.5. The molecule has 1 aromatic carbocycles. The molecule has 0 bridgehead atoms. The molecular weight excluding hydrogens is 218 g/mol. The van der Waals surface area contributed by atoms with Crippen LogP contribution in [0.4, 0.5) is 0 Å². The van der Waals surface area contributed by atoms with Crippen molar-refractivity contribution in [3.05, 3.63) is 36.4 Å². The summed E-state index contributed by atoms with van der Waals surface area (Å²) in [5, 5.41) is 2.76. The van der Waals surface area contributed by atoms with Gasteiger partial charge in [0.25, 0.3) is 5.91 Å². The molecule has 1 amide bonds. The Morgan fingerprint density at radius 3 is 3.00 bits per heavy atom. The van der Waals surface area contributed by atoms with Crippen LogP contribution in [0.5, 0.6) is 11.5 Å². The van der Waals surface area contributed by atoms with E-state index in [-0.39, 0.29) is 5.91 Å². The SMILES string of the molecule is C=CCOc1ccc2c(c1)C(=O)NC(C)(C)O2. The molecule has 0 fully saturated rings. The monoisotopic (exact) mass is 233 g/mol. The van der Waals surface area contributed by atoms with Crippen molar-refractivity contribution in [2.75, 3.05) is 6.61 Å². The van der Waals surface area contributed by atoms with Crippen LogP contribution in [-0.2, 0) is 0 Å². The van der Waals surface area contributed by atoms with Gasteiger partial charge in [-0.25, -0.2) is 0 Å². The maximum Gasteiger partial charge on any atom is 0.258 e. The second-order valence-corrected chi connectivity index (χ2v) is 4.32. The lowest BCUT2D eigenvalue weighted by atomic mass is 10.1. The summed E-state index contributed by atoms with van der Waals surface area (Å²) in [5.41, 5.74) is -0.181. The molecule has 1 aliphatic rings. The average molecular weight is 233 g/mol. The maximum atomic E-state index is 11.9. The van der Waals surface area contributed by atoms with Crippen LogP contribution >= 0.6 is 0 Å². The zero-order chi connectivity index (χ0) is 12.5. The highest BCUT2D eigenvalue weighted by atomic mass is 16.5. The van der Waals surface area contributed by atoms with Crippen LogP contribution < -0.4 is 14.8 Å². The molecule has 2 rings (SSSR count). The molecule has 0 radical (unpaired) electrons. The van der Waals surface area contributed by atoms with Gasteiger partial charge in [-0.05, 0) is 32.0 Å². The third-order valence-corrected chi connectivity index (χ3v) is 2.34. The van der Waals surface area contributed by atoms with Crippen molar-refractivity contribution < 1.29 is 14.3 Å². The van der Waals surface area contributed by atoms with Crippen molar-refractivity contribution in [2.45, 2.75) is 19.6 Å². The molecule has 0 saturated carbocycles. The molecule has 4 heteroatoms. The number of fused-ring (bicyclic) bond motifs is 1. The highest BCUT2D eigenvalue weighted by Crippen LogP contribution is 2.30. The number of hydrogen-bond acceptors (Lipinski definition) is 3. The molecule has 17 heavy (non-hydrogen) atoms. The van der Waals surface area contributed by atoms with Gasteiger partial charge in [-0.15, -0.1) is 0 Å². The largest absolute Gasteiger partial charge is 0.490 e. The van der Waals surface area contributed by atoms with E-state index in [1.54, 1.807) is 38.1 Å². The minimum absolute atomic E-state index is 0.152. The van der Waals surface area contributed by atoms with Gasteiger partial charge in [0.2, 0.25) is 0 Å². The van der Waals surface area contributed by atoms with E-state index in [2.05, 4.69) is 11.9 Å². The van der Waals surface area contributed by atoms with E-state index in [1.807, 2.05) is 0 Å². The minimum Gasteiger partial charge on any atom is -0.490 e. The zero-order valence-electron chi connectivity index (χ0n) is 9.95. The Labute approximate surface area is 100 Å². The van der Waals surface area contributed by atoms with Crippen LogP contribution in [0.1, 0.15) is 24.2 Å². The van der Waals surface area contributed by atoms with Crippen LogP contribution in [0.3, 0.4) is 0 Å². The third-order valence-electron chi connectivity index (χ3n) is 2.34. The Bertz CT molecular complexity index is 466. The quantitative estimate of drug-likeness (QED) is 0.813. The molecule has 0 unspecified atom stereocenters. The molecule has 0 atom stereocenters. The average Bonchev–Trinajstić information content (AvgIpc) is 2.25. The van der Waals surface area contributed by atoms with Gasteiger partial charge in [0.1, 0.15) is 18.1 Å². The topological polar surface area (TPSA) is 47.6 Å². The predicted molar refractivity (Wildman–Crippen MR) is 64.3 cm³/mol. The van der Waals surface area contributed by atoms with E-state index in [0.717, 1.165) is 0 Å². The Kier molecular flexibility index (Phi) is 2.79. The molecule has 0 saturated heterocycles. The molecule has 1 aromatic rings. The highest BCUT2D eigenvalue weighted by Gasteiger charge is 2.31. The summed E-state index contributed by atoms with van der Waals surface area (Å²) in [7, 11) is 0. The van der Waals surface area contributed by atoms with Gasteiger partial charge in [0.05, 0.1) is 5.56 Å². The first kappa shape index (κ1) is 11.5. The molecule has 90 valence electrons. The first-order valence-corrected chi connectivity index (χ1v) is 5.41. The van der Waals surface area contributed by atoms with E-state index in [9.17, 15) is 4.79 Å². The summed E-state index contributed by atoms with van der Waals surface area (Å²) < 4.78 is 11.0. The molecule has 4 nitrogen and oxygen atoms in total. The van der Waals surface area contributed by atoms with Gasteiger partial charge in [-0.3, -0.25) is 4.79 Å². The fourth-order valence-corrected chi connectivity index (χ4v) is 1.66. The Morgan fingerprint density at radius 2 is 2.29 bits per heavy atom. The number of hydrogen-bond donors (Lipinski definition) is 1. The lowest BCUT2D eigenvalue weighted by Crippen LogP contribution is -2.51. The second-order valence-electron chi connectivity index (χ2n) is 4.32. The van der Waals surface area contributed by atoms with Crippen molar-refractivity contribution in [2.24, 2.45) is 0 Å². The standard InChI is InChI=1S/C13H15NO3/c1-4-7-16-9-5-6-11-10(8-9)12(15)14-13(2,3)17-11/h4-6,8H,1,7H2,2-3H3,(H,14,15). The van der Waals surface area contributed by atoms with E-state index >= 15 is 0 Å². The minimum atomic E-state index is -0.673. The lowest BCUT2D eigenvalue weighted by molar-refractivity contribution is 0.0432. The molecule has 1 aliphatic heterocycles. The summed E-state index contributed by atoms with van der Waals surface area (Å²) in [6.07, 6.45) is 1.65. The Balaban J connectivity index is 2.30. The van der Waals surface area contributed by atoms with Crippen LogP contribution in [0.2, 0.25) is 0 Å². The number of amides is 1. The number of carbonyl (C=O) groups excluding carboxylic acids is 1. The summed E-state index contributed by atoms with van der Waals surface area (Å²) in [4.78, 5) is 11.9. The number of rotatable bonds is 3. The van der Waals surface area contributed by atoms with Crippen molar-refractivity contribution in [1.29, 1.82) is 0 Å². The van der Waals surface area contributed by atoms with Crippen molar-refractivity contribution >= 4 is 5.91 Å². The van der Waals surface area contributed by atoms with Gasteiger partial charge < -0.3 is 14.8 Å². The number of carbonyl (C=O) groups is 1. The van der Waals surface area contributed by atoms with Crippen LogP contribution in [-0.4, -0.2) is 18.2 Å². The van der Waals surface area contributed by atoms with E-state index < -0.39 is 5.72 Å². The fourth-order valence-electron chi connectivity index (χ4n) is 1.66.